The number of sulfonamides is 1. The van der Waals surface area contributed by atoms with Crippen LogP contribution >= 0.6 is 11.8 Å². The molecule has 0 aliphatic heterocycles. The zero-order valence-electron chi connectivity index (χ0n) is 22.0. The number of hydrogen-bond acceptors (Lipinski definition) is 6. The smallest absolute Gasteiger partial charge is 0.323 e. The summed E-state index contributed by atoms with van der Waals surface area (Å²) in [6.45, 7) is 0.827. The van der Waals surface area contributed by atoms with Crippen LogP contribution < -0.4 is 9.46 Å². The van der Waals surface area contributed by atoms with Crippen molar-refractivity contribution in [2.24, 2.45) is 0 Å². The highest BCUT2D eigenvalue weighted by Crippen LogP contribution is 2.33. The highest BCUT2D eigenvalue weighted by atomic mass is 32.2. The lowest BCUT2D eigenvalue weighted by Gasteiger charge is -2.25. The molecule has 0 amide bonds. The molecule has 208 valence electrons. The monoisotopic (exact) mass is 577 g/mol. The number of hydrogen-bond donors (Lipinski definition) is 2. The van der Waals surface area contributed by atoms with Gasteiger partial charge in [0.05, 0.1) is 30.5 Å². The molecule has 0 saturated heterocycles. The maximum absolute atomic E-state index is 13.3. The van der Waals surface area contributed by atoms with Crippen molar-refractivity contribution in [3.8, 4) is 16.9 Å². The van der Waals surface area contributed by atoms with Gasteiger partial charge in [-0.15, -0.1) is 11.8 Å². The zero-order valence-corrected chi connectivity index (χ0v) is 23.6. The van der Waals surface area contributed by atoms with Gasteiger partial charge >= 0.3 is 5.97 Å². The summed E-state index contributed by atoms with van der Waals surface area (Å²) in [7, 11) is -2.54. The van der Waals surface area contributed by atoms with Crippen LogP contribution in [0.15, 0.2) is 114 Å². The van der Waals surface area contributed by atoms with Crippen LogP contribution in [-0.4, -0.2) is 45.0 Å². The van der Waals surface area contributed by atoms with Crippen LogP contribution in [0.2, 0.25) is 0 Å². The van der Waals surface area contributed by atoms with Crippen LogP contribution in [0, 0.1) is 0 Å². The molecule has 9 heteroatoms. The Morgan fingerprint density at radius 2 is 1.43 bits per heavy atom. The number of nitrogens with one attached hydrogen (secondary N) is 1. The Hall–Kier alpha value is -3.63. The van der Waals surface area contributed by atoms with Crippen LogP contribution in [0.1, 0.15) is 16.4 Å². The van der Waals surface area contributed by atoms with E-state index in [-0.39, 0.29) is 4.90 Å². The van der Waals surface area contributed by atoms with Crippen molar-refractivity contribution in [2.45, 2.75) is 22.8 Å². The molecule has 0 radical (unpaired) electrons. The van der Waals surface area contributed by atoms with Crippen LogP contribution in [-0.2, 0) is 26.2 Å². The van der Waals surface area contributed by atoms with Gasteiger partial charge in [0, 0.05) is 5.75 Å². The quantitative estimate of drug-likeness (QED) is 0.183. The molecule has 7 nitrogen and oxygen atoms in total. The highest BCUT2D eigenvalue weighted by Gasteiger charge is 2.34. The number of carboxylic acids is 1. The molecule has 0 fully saturated rings. The van der Waals surface area contributed by atoms with E-state index in [9.17, 15) is 18.3 Å². The van der Waals surface area contributed by atoms with E-state index in [2.05, 4.69) is 4.72 Å². The number of ether oxygens (including phenoxy) is 2. The molecule has 0 bridgehead atoms. The van der Waals surface area contributed by atoms with Crippen molar-refractivity contribution >= 4 is 27.8 Å². The maximum atomic E-state index is 13.3. The lowest BCUT2D eigenvalue weighted by Crippen LogP contribution is -2.44. The summed E-state index contributed by atoms with van der Waals surface area (Å²) in [6.07, 6.45) is 0. The third-order valence-corrected chi connectivity index (χ3v) is 8.97. The fourth-order valence-corrected chi connectivity index (χ4v) is 6.60. The third kappa shape index (κ3) is 7.95. The van der Waals surface area contributed by atoms with Gasteiger partial charge in [0.15, 0.2) is 0 Å². The molecule has 0 spiro atoms. The molecule has 4 aromatic rings. The molecule has 0 aliphatic carbocycles. The fraction of sp³-hybridized carbons (Fsp3) is 0.194. The standard InChI is InChI=1S/C31H31NO6S2/c1-37-27-16-12-24(13-17-27)25-14-18-28(19-15-25)40(35,36)32-29(31(33)34)30(26-10-6-3-7-11-26)39-21-20-38-22-23-8-4-2-5-9-23/h2-19,29-30,32H,20-22H2,1H3,(H,33,34)/t29-,30-/m1/s1. The molecule has 0 heterocycles. The van der Waals surface area contributed by atoms with Gasteiger partial charge in [-0.25, -0.2) is 8.42 Å². The third-order valence-electron chi connectivity index (χ3n) is 6.20. The summed E-state index contributed by atoms with van der Waals surface area (Å²) >= 11 is 1.34. The number of methoxy groups -OCH3 is 1. The average molecular weight is 578 g/mol. The summed E-state index contributed by atoms with van der Waals surface area (Å²) in [4.78, 5) is 12.4. The van der Waals surface area contributed by atoms with Gasteiger partial charge in [-0.1, -0.05) is 84.9 Å². The zero-order chi connectivity index (χ0) is 28.4. The number of rotatable bonds is 14. The lowest BCUT2D eigenvalue weighted by molar-refractivity contribution is -0.139. The van der Waals surface area contributed by atoms with Crippen LogP contribution in [0.3, 0.4) is 0 Å². The van der Waals surface area contributed by atoms with Crippen LogP contribution in [0.5, 0.6) is 5.75 Å². The molecular weight excluding hydrogens is 546 g/mol. The summed E-state index contributed by atoms with van der Waals surface area (Å²) in [5.41, 5.74) is 3.47. The minimum absolute atomic E-state index is 0.0148. The Labute approximate surface area is 239 Å². The second-order valence-corrected chi connectivity index (χ2v) is 11.9. The first kappa shape index (κ1) is 29.4. The topological polar surface area (TPSA) is 102 Å². The van der Waals surface area contributed by atoms with Gasteiger partial charge in [-0.2, -0.15) is 4.72 Å². The van der Waals surface area contributed by atoms with Gasteiger partial charge in [0.1, 0.15) is 11.8 Å². The van der Waals surface area contributed by atoms with Gasteiger partial charge in [-0.05, 0) is 46.5 Å². The van der Waals surface area contributed by atoms with E-state index in [1.807, 2.05) is 60.7 Å². The molecule has 40 heavy (non-hydrogen) atoms. The van der Waals surface area contributed by atoms with E-state index in [1.165, 1.54) is 23.9 Å². The van der Waals surface area contributed by atoms with Gasteiger partial charge < -0.3 is 14.6 Å². The van der Waals surface area contributed by atoms with Crippen molar-refractivity contribution in [1.82, 2.24) is 4.72 Å². The Kier molecular flexibility index (Phi) is 10.4. The molecule has 0 aliphatic rings. The second kappa shape index (κ2) is 14.1. The molecule has 4 aromatic carbocycles. The summed E-state index contributed by atoms with van der Waals surface area (Å²) in [5.74, 6) is -0.0560. The first-order chi connectivity index (χ1) is 19.4. The van der Waals surface area contributed by atoms with Gasteiger partial charge in [0.25, 0.3) is 0 Å². The Morgan fingerprint density at radius 1 is 0.850 bits per heavy atom. The molecular formula is C31H31NO6S2. The summed E-state index contributed by atoms with van der Waals surface area (Å²) in [5, 5.41) is 9.45. The number of thioether (sulfide) groups is 1. The van der Waals surface area contributed by atoms with E-state index < -0.39 is 27.3 Å². The number of carboxylic acid groups (broad SMARTS) is 1. The Bertz CT molecular complexity index is 1460. The molecule has 0 unspecified atom stereocenters. The highest BCUT2D eigenvalue weighted by molar-refractivity contribution is 7.99. The maximum Gasteiger partial charge on any atom is 0.323 e. The van der Waals surface area contributed by atoms with E-state index in [0.29, 0.717) is 24.5 Å². The van der Waals surface area contributed by atoms with E-state index in [0.717, 1.165) is 22.4 Å². The first-order valence-corrected chi connectivity index (χ1v) is 15.2. The van der Waals surface area contributed by atoms with E-state index >= 15 is 0 Å². The molecule has 2 N–H and O–H groups in total. The van der Waals surface area contributed by atoms with Crippen molar-refractivity contribution in [3.63, 3.8) is 0 Å². The van der Waals surface area contributed by atoms with Crippen LogP contribution in [0.25, 0.3) is 11.1 Å². The lowest BCUT2D eigenvalue weighted by atomic mass is 10.1. The van der Waals surface area contributed by atoms with Gasteiger partial charge in [0.2, 0.25) is 10.0 Å². The van der Waals surface area contributed by atoms with Gasteiger partial charge in [-0.3, -0.25) is 4.79 Å². The number of aliphatic carboxylic acids is 1. The minimum Gasteiger partial charge on any atom is -0.497 e. The number of benzene rings is 4. The fourth-order valence-electron chi connectivity index (χ4n) is 4.11. The minimum atomic E-state index is -4.13. The first-order valence-electron chi connectivity index (χ1n) is 12.7. The predicted molar refractivity (Wildman–Crippen MR) is 158 cm³/mol. The van der Waals surface area contributed by atoms with E-state index in [4.69, 9.17) is 9.47 Å². The van der Waals surface area contributed by atoms with Crippen molar-refractivity contribution in [3.05, 3.63) is 120 Å². The SMILES string of the molecule is COc1ccc(-c2ccc(S(=O)(=O)N[C@@H](C(=O)O)[C@H](SCCOCc3ccccc3)c3ccccc3)cc2)cc1. The molecule has 4 rings (SSSR count). The van der Waals surface area contributed by atoms with Crippen LogP contribution in [0.4, 0.5) is 0 Å². The summed E-state index contributed by atoms with van der Waals surface area (Å²) in [6, 6.07) is 31.2. The van der Waals surface area contributed by atoms with Crippen molar-refractivity contribution in [1.29, 1.82) is 0 Å². The average Bonchev–Trinajstić information content (AvgIpc) is 2.99. The predicted octanol–water partition coefficient (Wildman–Crippen LogP) is 5.79. The second-order valence-electron chi connectivity index (χ2n) is 8.93. The van der Waals surface area contributed by atoms with E-state index in [1.54, 1.807) is 43.5 Å². The largest absolute Gasteiger partial charge is 0.497 e. The summed E-state index contributed by atoms with van der Waals surface area (Å²) < 4.78 is 40.0. The van der Waals surface area contributed by atoms with Crippen molar-refractivity contribution < 1.29 is 27.8 Å². The number of carbonyl (C=O) groups is 1. The molecule has 0 saturated carbocycles. The molecule has 2 atom stereocenters. The Morgan fingerprint density at radius 3 is 2.00 bits per heavy atom. The Balaban J connectivity index is 1.47. The van der Waals surface area contributed by atoms with Crippen molar-refractivity contribution in [2.75, 3.05) is 19.5 Å². The molecule has 0 aromatic heterocycles. The normalized spacial score (nSPS) is 12.9.